The van der Waals surface area contributed by atoms with Crippen LogP contribution in [0.25, 0.3) is 20.7 Å². The third kappa shape index (κ3) is 4.25. The Kier molecular flexibility index (Phi) is 5.89. The van der Waals surface area contributed by atoms with Crippen LogP contribution in [0.2, 0.25) is 0 Å². The van der Waals surface area contributed by atoms with Gasteiger partial charge in [-0.15, -0.1) is 22.7 Å². The van der Waals surface area contributed by atoms with E-state index in [0.717, 1.165) is 18.0 Å². The van der Waals surface area contributed by atoms with Gasteiger partial charge in [0.2, 0.25) is 0 Å². The topological polar surface area (TPSA) is 103 Å². The van der Waals surface area contributed by atoms with Crippen LogP contribution in [0.3, 0.4) is 0 Å². The molecule has 0 atom stereocenters. The average Bonchev–Trinajstić information content (AvgIpc) is 3.44. The number of pyridine rings is 1. The fraction of sp³-hybridized carbons (Fsp3) is 0.200. The summed E-state index contributed by atoms with van der Waals surface area (Å²) in [6.07, 6.45) is -7.65. The smallest absolute Gasteiger partial charge is 0.365 e. The molecule has 4 rings (SSSR count). The number of alkyl halides is 5. The summed E-state index contributed by atoms with van der Waals surface area (Å²) in [6.45, 7) is 1.81. The van der Waals surface area contributed by atoms with Crippen LogP contribution in [0.5, 0.6) is 0 Å². The number of halogens is 5. The second-order valence-electron chi connectivity index (χ2n) is 7.15. The summed E-state index contributed by atoms with van der Waals surface area (Å²) in [5.74, 6) is -2.01. The fourth-order valence-electron chi connectivity index (χ4n) is 3.32. The SMILES string of the molecule is Cc1ccc(-c2cc(C(F)F)nc3sc(C(N)=O)c(NC(=O)c4cc(C(F)(F)F)n(C)n4)c23)s1. The van der Waals surface area contributed by atoms with Crippen LogP contribution < -0.4 is 11.1 Å². The molecule has 0 aromatic carbocycles. The van der Waals surface area contributed by atoms with Crippen molar-refractivity contribution in [3.63, 3.8) is 0 Å². The minimum absolute atomic E-state index is 0.0138. The van der Waals surface area contributed by atoms with E-state index in [4.69, 9.17) is 5.73 Å². The number of carbonyl (C=O) groups excluding carboxylic acids is 2. The van der Waals surface area contributed by atoms with Crippen molar-refractivity contribution in [3.8, 4) is 10.4 Å². The maximum atomic E-state index is 13.5. The molecule has 4 aromatic rings. The van der Waals surface area contributed by atoms with Crippen molar-refractivity contribution in [3.05, 3.63) is 51.1 Å². The predicted octanol–water partition coefficient (Wildman–Crippen LogP) is 5.37. The van der Waals surface area contributed by atoms with E-state index >= 15 is 0 Å². The molecular formula is C20H14F5N5O2S2. The molecule has 4 aromatic heterocycles. The number of nitrogens with zero attached hydrogens (tertiary/aromatic N) is 3. The number of rotatable bonds is 5. The van der Waals surface area contributed by atoms with Gasteiger partial charge in [-0.1, -0.05) is 0 Å². The van der Waals surface area contributed by atoms with E-state index in [1.807, 2.05) is 6.92 Å². The van der Waals surface area contributed by atoms with Gasteiger partial charge >= 0.3 is 6.18 Å². The molecule has 4 heterocycles. The van der Waals surface area contributed by atoms with E-state index in [9.17, 15) is 31.5 Å². The Hall–Kier alpha value is -3.39. The van der Waals surface area contributed by atoms with E-state index < -0.39 is 41.5 Å². The molecule has 7 nitrogen and oxygen atoms in total. The van der Waals surface area contributed by atoms with Crippen molar-refractivity contribution >= 4 is 50.4 Å². The summed E-state index contributed by atoms with van der Waals surface area (Å²) in [6, 6.07) is 5.16. The first kappa shape index (κ1) is 23.8. The van der Waals surface area contributed by atoms with Crippen LogP contribution in [0.4, 0.5) is 27.6 Å². The van der Waals surface area contributed by atoms with Gasteiger partial charge in [-0.3, -0.25) is 14.3 Å². The Morgan fingerprint density at radius 3 is 2.41 bits per heavy atom. The van der Waals surface area contributed by atoms with E-state index in [-0.39, 0.29) is 26.3 Å². The number of aryl methyl sites for hydroxylation is 2. The summed E-state index contributed by atoms with van der Waals surface area (Å²) in [4.78, 5) is 30.1. The standard InChI is InChI=1S/C20H14F5N5O2S2/c1-7-3-4-11(33-7)8-5-9(16(21)22)27-19-13(8)14(15(34-19)17(26)31)28-18(32)10-6-12(20(23,24)25)30(2)29-10/h3-6,16H,1-2H3,(H2,26,31)(H,28,32). The molecule has 0 unspecified atom stereocenters. The van der Waals surface area contributed by atoms with Gasteiger partial charge in [0.1, 0.15) is 21.1 Å². The van der Waals surface area contributed by atoms with Crippen molar-refractivity contribution in [2.24, 2.45) is 12.8 Å². The van der Waals surface area contributed by atoms with Gasteiger partial charge in [-0.05, 0) is 25.1 Å². The van der Waals surface area contributed by atoms with Crippen LogP contribution in [-0.2, 0) is 13.2 Å². The zero-order valence-electron chi connectivity index (χ0n) is 17.3. The number of carbonyl (C=O) groups is 2. The monoisotopic (exact) mass is 515 g/mol. The van der Waals surface area contributed by atoms with E-state index in [2.05, 4.69) is 15.4 Å². The van der Waals surface area contributed by atoms with Crippen LogP contribution in [0.1, 0.15) is 42.9 Å². The Morgan fingerprint density at radius 2 is 1.88 bits per heavy atom. The first-order chi connectivity index (χ1) is 15.9. The Bertz CT molecular complexity index is 1440. The maximum absolute atomic E-state index is 13.5. The molecule has 0 aliphatic heterocycles. The average molecular weight is 515 g/mol. The van der Waals surface area contributed by atoms with Gasteiger partial charge in [0, 0.05) is 33.8 Å². The van der Waals surface area contributed by atoms with Gasteiger partial charge in [-0.25, -0.2) is 13.8 Å². The molecule has 34 heavy (non-hydrogen) atoms. The van der Waals surface area contributed by atoms with Crippen LogP contribution >= 0.6 is 22.7 Å². The first-order valence-electron chi connectivity index (χ1n) is 9.41. The van der Waals surface area contributed by atoms with Crippen LogP contribution in [0.15, 0.2) is 24.3 Å². The molecule has 178 valence electrons. The first-order valence-corrected chi connectivity index (χ1v) is 11.0. The lowest BCUT2D eigenvalue weighted by molar-refractivity contribution is -0.143. The quantitative estimate of drug-likeness (QED) is 0.349. The maximum Gasteiger partial charge on any atom is 0.433 e. The van der Waals surface area contributed by atoms with E-state index in [1.54, 1.807) is 12.1 Å². The molecule has 0 aliphatic carbocycles. The van der Waals surface area contributed by atoms with Crippen molar-refractivity contribution in [1.29, 1.82) is 0 Å². The Labute approximate surface area is 196 Å². The van der Waals surface area contributed by atoms with E-state index in [0.29, 0.717) is 27.0 Å². The Balaban J connectivity index is 1.90. The summed E-state index contributed by atoms with van der Waals surface area (Å²) < 4.78 is 66.8. The lowest BCUT2D eigenvalue weighted by atomic mass is 10.1. The molecule has 2 amide bonds. The molecule has 14 heteroatoms. The highest BCUT2D eigenvalue weighted by atomic mass is 32.1. The number of primary amides is 1. The van der Waals surface area contributed by atoms with Gasteiger partial charge in [0.05, 0.1) is 5.69 Å². The lowest BCUT2D eigenvalue weighted by Crippen LogP contribution is -2.17. The predicted molar refractivity (Wildman–Crippen MR) is 117 cm³/mol. The number of hydrogen-bond acceptors (Lipinski definition) is 6. The fourth-order valence-corrected chi connectivity index (χ4v) is 5.22. The molecule has 0 radical (unpaired) electrons. The van der Waals surface area contributed by atoms with Crippen molar-refractivity contribution < 1.29 is 31.5 Å². The third-order valence-corrected chi connectivity index (χ3v) is 6.91. The van der Waals surface area contributed by atoms with Crippen LogP contribution in [-0.4, -0.2) is 26.6 Å². The van der Waals surface area contributed by atoms with Crippen molar-refractivity contribution in [2.45, 2.75) is 19.5 Å². The highest BCUT2D eigenvalue weighted by molar-refractivity contribution is 7.21. The molecule has 0 aliphatic rings. The largest absolute Gasteiger partial charge is 0.433 e. The highest BCUT2D eigenvalue weighted by Crippen LogP contribution is 2.44. The van der Waals surface area contributed by atoms with Gasteiger partial charge < -0.3 is 11.1 Å². The number of aromatic nitrogens is 3. The second kappa shape index (κ2) is 8.43. The number of amides is 2. The molecule has 0 bridgehead atoms. The zero-order valence-corrected chi connectivity index (χ0v) is 19.0. The van der Waals surface area contributed by atoms with Crippen molar-refractivity contribution in [2.75, 3.05) is 5.32 Å². The number of nitrogens with one attached hydrogen (secondary N) is 1. The molecule has 0 saturated carbocycles. The van der Waals surface area contributed by atoms with Crippen LogP contribution in [0, 0.1) is 6.92 Å². The van der Waals surface area contributed by atoms with Gasteiger partial charge in [-0.2, -0.15) is 18.3 Å². The molecule has 0 fully saturated rings. The summed E-state index contributed by atoms with van der Waals surface area (Å²) in [5.41, 5.74) is 3.34. The summed E-state index contributed by atoms with van der Waals surface area (Å²) in [7, 11) is 1.03. The van der Waals surface area contributed by atoms with Gasteiger partial charge in [0.25, 0.3) is 18.2 Å². The lowest BCUT2D eigenvalue weighted by Gasteiger charge is -2.09. The zero-order chi connectivity index (χ0) is 24.9. The number of hydrogen-bond donors (Lipinski definition) is 2. The molecule has 0 saturated heterocycles. The third-order valence-electron chi connectivity index (χ3n) is 4.78. The summed E-state index contributed by atoms with van der Waals surface area (Å²) in [5, 5.41) is 6.16. The van der Waals surface area contributed by atoms with Gasteiger partial charge in [0.15, 0.2) is 5.69 Å². The number of nitrogens with two attached hydrogens (primary N) is 1. The Morgan fingerprint density at radius 1 is 1.18 bits per heavy atom. The minimum Gasteiger partial charge on any atom is -0.365 e. The second-order valence-corrected chi connectivity index (χ2v) is 9.43. The molecular weight excluding hydrogens is 501 g/mol. The number of thiophene rings is 2. The number of fused-ring (bicyclic) bond motifs is 1. The minimum atomic E-state index is -4.74. The van der Waals surface area contributed by atoms with Crippen molar-refractivity contribution in [1.82, 2.24) is 14.8 Å². The highest BCUT2D eigenvalue weighted by Gasteiger charge is 2.36. The van der Waals surface area contributed by atoms with E-state index in [1.165, 1.54) is 11.3 Å². The molecule has 0 spiro atoms. The summed E-state index contributed by atoms with van der Waals surface area (Å²) >= 11 is 1.98. The molecule has 3 N–H and O–H groups in total. The number of anilines is 1. The normalized spacial score (nSPS) is 12.0.